The summed E-state index contributed by atoms with van der Waals surface area (Å²) in [5.41, 5.74) is -1.12. The van der Waals surface area contributed by atoms with Gasteiger partial charge in [0.15, 0.2) is 6.61 Å². The zero-order valence-electron chi connectivity index (χ0n) is 13.6. The van der Waals surface area contributed by atoms with Crippen molar-refractivity contribution in [2.45, 2.75) is 6.54 Å². The number of H-pyrrole nitrogens is 1. The molecule has 0 atom stereocenters. The van der Waals surface area contributed by atoms with Gasteiger partial charge in [0.05, 0.1) is 10.8 Å². The number of benzene rings is 1. The molecular weight excluding hydrogens is 344 g/mol. The number of imide groups is 1. The predicted molar refractivity (Wildman–Crippen MR) is 91.5 cm³/mol. The van der Waals surface area contributed by atoms with E-state index in [9.17, 15) is 24.0 Å². The molecule has 0 spiro atoms. The smallest absolute Gasteiger partial charge is 0.328 e. The molecule has 0 aliphatic heterocycles. The van der Waals surface area contributed by atoms with Crippen LogP contribution in [0.25, 0.3) is 10.8 Å². The Kier molecular flexibility index (Phi) is 6.04. The molecule has 2 rings (SSSR count). The first kappa shape index (κ1) is 18.6. The maximum absolute atomic E-state index is 12.2. The lowest BCUT2D eigenvalue weighted by Crippen LogP contribution is -2.41. The highest BCUT2D eigenvalue weighted by molar-refractivity contribution is 5.95. The highest BCUT2D eigenvalue weighted by atomic mass is 16.5. The van der Waals surface area contributed by atoms with Crippen LogP contribution in [0.3, 0.4) is 0 Å². The van der Waals surface area contributed by atoms with Gasteiger partial charge in [-0.25, -0.2) is 9.48 Å². The monoisotopic (exact) mass is 360 g/mol. The van der Waals surface area contributed by atoms with Crippen LogP contribution in [0.1, 0.15) is 0 Å². The minimum Gasteiger partial charge on any atom is -0.454 e. The number of esters is 1. The van der Waals surface area contributed by atoms with Gasteiger partial charge in [-0.3, -0.25) is 29.6 Å². The largest absolute Gasteiger partial charge is 0.454 e. The van der Waals surface area contributed by atoms with Gasteiger partial charge in [-0.05, 0) is 12.1 Å². The first-order valence-electron chi connectivity index (χ1n) is 7.48. The van der Waals surface area contributed by atoms with Gasteiger partial charge < -0.3 is 10.1 Å². The predicted octanol–water partition coefficient (Wildman–Crippen LogP) is -0.755. The average molecular weight is 360 g/mol. The van der Waals surface area contributed by atoms with Gasteiger partial charge in [-0.2, -0.15) is 0 Å². The van der Waals surface area contributed by atoms with Crippen molar-refractivity contribution in [3.05, 3.63) is 57.6 Å². The molecule has 0 aliphatic carbocycles. The van der Waals surface area contributed by atoms with Gasteiger partial charge in [0, 0.05) is 6.54 Å². The fourth-order valence-corrected chi connectivity index (χ4v) is 2.05. The van der Waals surface area contributed by atoms with Crippen molar-refractivity contribution in [2.75, 3.05) is 13.2 Å². The maximum atomic E-state index is 12.2. The number of urea groups is 1. The van der Waals surface area contributed by atoms with Crippen molar-refractivity contribution in [1.82, 2.24) is 20.4 Å². The van der Waals surface area contributed by atoms with Gasteiger partial charge in [0.2, 0.25) is 0 Å². The Labute approximate surface area is 146 Å². The number of fused-ring (bicyclic) bond motifs is 1. The first-order chi connectivity index (χ1) is 12.4. The molecule has 0 bridgehead atoms. The van der Waals surface area contributed by atoms with E-state index in [0.29, 0.717) is 0 Å². The zero-order chi connectivity index (χ0) is 19.1. The zero-order valence-corrected chi connectivity index (χ0v) is 13.6. The van der Waals surface area contributed by atoms with E-state index in [1.54, 1.807) is 12.1 Å². The van der Waals surface area contributed by atoms with E-state index in [2.05, 4.69) is 21.7 Å². The molecule has 10 nitrogen and oxygen atoms in total. The van der Waals surface area contributed by atoms with Gasteiger partial charge in [-0.1, -0.05) is 18.2 Å². The minimum absolute atomic E-state index is 0.153. The Morgan fingerprint density at radius 2 is 1.88 bits per heavy atom. The van der Waals surface area contributed by atoms with Gasteiger partial charge in [0.1, 0.15) is 6.54 Å². The van der Waals surface area contributed by atoms with Crippen LogP contribution < -0.4 is 21.8 Å². The fourth-order valence-electron chi connectivity index (χ4n) is 2.05. The van der Waals surface area contributed by atoms with Crippen LogP contribution in [0.4, 0.5) is 4.79 Å². The number of nitrogens with zero attached hydrogens (tertiary/aromatic N) is 1. The van der Waals surface area contributed by atoms with Crippen LogP contribution in [-0.4, -0.2) is 40.8 Å². The van der Waals surface area contributed by atoms with Crippen molar-refractivity contribution in [3.8, 4) is 0 Å². The summed E-state index contributed by atoms with van der Waals surface area (Å²) in [6, 6.07) is 5.39. The molecule has 0 aliphatic rings. The van der Waals surface area contributed by atoms with Crippen LogP contribution in [0, 0.1) is 0 Å². The molecule has 1 heterocycles. The third kappa shape index (κ3) is 4.66. The number of rotatable bonds is 6. The highest BCUT2D eigenvalue weighted by Crippen LogP contribution is 2.02. The van der Waals surface area contributed by atoms with Crippen molar-refractivity contribution >= 4 is 28.7 Å². The van der Waals surface area contributed by atoms with E-state index in [1.807, 2.05) is 5.32 Å². The topological polar surface area (TPSA) is 139 Å². The van der Waals surface area contributed by atoms with Gasteiger partial charge >= 0.3 is 12.0 Å². The summed E-state index contributed by atoms with van der Waals surface area (Å²) >= 11 is 0. The van der Waals surface area contributed by atoms with E-state index in [-0.39, 0.29) is 17.3 Å². The van der Waals surface area contributed by atoms with Crippen LogP contribution >= 0.6 is 0 Å². The molecule has 136 valence electrons. The van der Waals surface area contributed by atoms with Gasteiger partial charge in [0.25, 0.3) is 17.0 Å². The summed E-state index contributed by atoms with van der Waals surface area (Å²) in [5, 5.41) is 6.87. The molecular formula is C16H16N4O6. The standard InChI is InChI=1S/C16H16N4O6/c1-2-7-17-16(25)18-12(21)9-26-13(22)8-20-15(24)11-6-4-3-5-10(11)14(23)19-20/h2-6H,1,7-9H2,(H,19,23)(H2,17,18,21,25). The molecule has 10 heteroatoms. The van der Waals surface area contributed by atoms with Crippen molar-refractivity contribution in [2.24, 2.45) is 0 Å². The average Bonchev–Trinajstić information content (AvgIpc) is 2.62. The Morgan fingerprint density at radius 1 is 1.19 bits per heavy atom. The number of aromatic nitrogens is 2. The van der Waals surface area contributed by atoms with E-state index >= 15 is 0 Å². The maximum Gasteiger partial charge on any atom is 0.328 e. The Bertz CT molecular complexity index is 975. The van der Waals surface area contributed by atoms with Crippen LogP contribution in [0.15, 0.2) is 46.5 Å². The molecule has 26 heavy (non-hydrogen) atoms. The number of carbonyl (C=O) groups is 3. The SMILES string of the molecule is C=CCNC(=O)NC(=O)COC(=O)Cn1[nH]c(=O)c2ccccc2c1=O. The molecule has 0 saturated carbocycles. The third-order valence-electron chi connectivity index (χ3n) is 3.20. The lowest BCUT2D eigenvalue weighted by molar-refractivity contribution is -0.149. The number of amides is 3. The summed E-state index contributed by atoms with van der Waals surface area (Å²) < 4.78 is 5.48. The van der Waals surface area contributed by atoms with Gasteiger partial charge in [-0.15, -0.1) is 6.58 Å². The second-order valence-corrected chi connectivity index (χ2v) is 5.09. The quantitative estimate of drug-likeness (QED) is 0.457. The van der Waals surface area contributed by atoms with E-state index < -0.39 is 42.2 Å². The highest BCUT2D eigenvalue weighted by Gasteiger charge is 2.13. The Balaban J connectivity index is 1.97. The molecule has 2 aromatic rings. The molecule has 3 N–H and O–H groups in total. The number of carbonyl (C=O) groups excluding carboxylic acids is 3. The number of hydrogen-bond acceptors (Lipinski definition) is 6. The summed E-state index contributed by atoms with van der Waals surface area (Å²) in [4.78, 5) is 58.7. The molecule has 0 radical (unpaired) electrons. The van der Waals surface area contributed by atoms with Crippen molar-refractivity contribution < 1.29 is 19.1 Å². The Morgan fingerprint density at radius 3 is 2.58 bits per heavy atom. The third-order valence-corrected chi connectivity index (χ3v) is 3.20. The Hall–Kier alpha value is -3.69. The van der Waals surface area contributed by atoms with Crippen LogP contribution in [0.5, 0.6) is 0 Å². The van der Waals surface area contributed by atoms with Crippen molar-refractivity contribution in [3.63, 3.8) is 0 Å². The minimum atomic E-state index is -0.931. The normalized spacial score (nSPS) is 10.2. The number of aromatic amines is 1. The summed E-state index contributed by atoms with van der Waals surface area (Å²) in [6.07, 6.45) is 1.42. The summed E-state index contributed by atoms with van der Waals surface area (Å²) in [5.74, 6) is -1.78. The number of ether oxygens (including phenoxy) is 1. The molecule has 0 unspecified atom stereocenters. The second-order valence-electron chi connectivity index (χ2n) is 5.09. The first-order valence-corrected chi connectivity index (χ1v) is 7.48. The van der Waals surface area contributed by atoms with Crippen LogP contribution in [0.2, 0.25) is 0 Å². The second kappa shape index (κ2) is 8.42. The lowest BCUT2D eigenvalue weighted by atomic mass is 10.2. The van der Waals surface area contributed by atoms with E-state index in [0.717, 1.165) is 4.68 Å². The molecule has 0 fully saturated rings. The van der Waals surface area contributed by atoms with Crippen LogP contribution in [-0.2, 0) is 20.9 Å². The number of nitrogens with one attached hydrogen (secondary N) is 3. The molecule has 3 amide bonds. The summed E-state index contributed by atoms with van der Waals surface area (Å²) in [7, 11) is 0. The van der Waals surface area contributed by atoms with E-state index in [1.165, 1.54) is 18.2 Å². The van der Waals surface area contributed by atoms with E-state index in [4.69, 9.17) is 0 Å². The summed E-state index contributed by atoms with van der Waals surface area (Å²) in [6.45, 7) is 2.25. The fraction of sp³-hybridized carbons (Fsp3) is 0.188. The molecule has 1 aromatic carbocycles. The molecule has 1 aromatic heterocycles. The lowest BCUT2D eigenvalue weighted by Gasteiger charge is -2.08. The van der Waals surface area contributed by atoms with Crippen molar-refractivity contribution in [1.29, 1.82) is 0 Å². The molecule has 0 saturated heterocycles. The number of hydrogen-bond donors (Lipinski definition) is 3.